The van der Waals surface area contributed by atoms with Crippen molar-refractivity contribution >= 4 is 11.9 Å². The van der Waals surface area contributed by atoms with Crippen molar-refractivity contribution in [3.05, 3.63) is 36.3 Å². The number of hydrogen-bond acceptors (Lipinski definition) is 6. The first-order valence-electron chi connectivity index (χ1n) is 8.16. The minimum atomic E-state index is -0.283. The molecule has 0 atom stereocenters. The third-order valence-corrected chi connectivity index (χ3v) is 4.20. The van der Waals surface area contributed by atoms with Crippen LogP contribution in [0.2, 0.25) is 0 Å². The largest absolute Gasteiger partial charge is 0.348 e. The Morgan fingerprint density at radius 3 is 2.48 bits per heavy atom. The molecule has 2 heterocycles. The topological polar surface area (TPSA) is 65.5 Å². The average Bonchev–Trinajstić information content (AvgIpc) is 2.63. The van der Waals surface area contributed by atoms with Gasteiger partial charge in [0.1, 0.15) is 5.82 Å². The molecule has 1 saturated heterocycles. The summed E-state index contributed by atoms with van der Waals surface area (Å²) in [6.45, 7) is 3.42. The van der Waals surface area contributed by atoms with E-state index in [-0.39, 0.29) is 11.7 Å². The summed E-state index contributed by atoms with van der Waals surface area (Å²) in [6, 6.07) is 6.15. The van der Waals surface area contributed by atoms with Crippen molar-refractivity contribution in [2.24, 2.45) is 0 Å². The number of rotatable bonds is 4. The second kappa shape index (κ2) is 7.52. The number of benzene rings is 1. The molecule has 0 aliphatic carbocycles. The van der Waals surface area contributed by atoms with E-state index in [1.807, 2.05) is 0 Å². The number of carbonyl (C=O) groups excluding carboxylic acids is 1. The Hall–Kier alpha value is -2.61. The predicted molar refractivity (Wildman–Crippen MR) is 92.6 cm³/mol. The molecule has 1 amide bonds. The van der Waals surface area contributed by atoms with Gasteiger partial charge in [0.15, 0.2) is 0 Å². The van der Waals surface area contributed by atoms with Gasteiger partial charge in [0.05, 0.1) is 18.4 Å². The lowest BCUT2D eigenvalue weighted by atomic mass is 10.2. The molecule has 0 spiro atoms. The Kier molecular flexibility index (Phi) is 5.18. The molecule has 8 heteroatoms. The molecule has 0 unspecified atom stereocenters. The molecule has 1 aromatic carbocycles. The smallest absolute Gasteiger partial charge is 0.245 e. The Balaban J connectivity index is 1.65. The van der Waals surface area contributed by atoms with E-state index in [2.05, 4.69) is 25.0 Å². The number of likely N-dealkylation sites (N-methyl/N-ethyl adjacent to an activating group) is 1. The van der Waals surface area contributed by atoms with Crippen LogP contribution in [0.15, 0.2) is 30.5 Å². The van der Waals surface area contributed by atoms with Gasteiger partial charge in [-0.15, -0.1) is 5.10 Å². The van der Waals surface area contributed by atoms with E-state index in [1.165, 1.54) is 12.1 Å². The van der Waals surface area contributed by atoms with E-state index in [0.29, 0.717) is 18.2 Å². The molecule has 3 rings (SSSR count). The van der Waals surface area contributed by atoms with Crippen LogP contribution < -0.4 is 4.90 Å². The Labute approximate surface area is 146 Å². The van der Waals surface area contributed by atoms with E-state index in [4.69, 9.17) is 0 Å². The summed E-state index contributed by atoms with van der Waals surface area (Å²) in [4.78, 5) is 22.1. The van der Waals surface area contributed by atoms with Crippen LogP contribution in [0.5, 0.6) is 0 Å². The van der Waals surface area contributed by atoms with Gasteiger partial charge in [-0.05, 0) is 24.3 Å². The number of nitrogens with zero attached hydrogens (tertiary/aromatic N) is 6. The van der Waals surface area contributed by atoms with E-state index < -0.39 is 0 Å². The number of amides is 1. The van der Waals surface area contributed by atoms with Crippen LogP contribution in [0.4, 0.5) is 10.3 Å². The number of halogens is 1. The van der Waals surface area contributed by atoms with Crippen LogP contribution >= 0.6 is 0 Å². The third-order valence-electron chi connectivity index (χ3n) is 4.20. The Bertz CT molecular complexity index is 728. The molecule has 132 valence electrons. The first-order chi connectivity index (χ1) is 12.0. The van der Waals surface area contributed by atoms with Crippen molar-refractivity contribution < 1.29 is 9.18 Å². The molecule has 2 aromatic rings. The molecule has 1 aliphatic rings. The molecule has 1 aliphatic heterocycles. The van der Waals surface area contributed by atoms with Gasteiger partial charge in [-0.3, -0.25) is 9.69 Å². The van der Waals surface area contributed by atoms with Gasteiger partial charge in [0.2, 0.25) is 11.9 Å². The number of aromatic nitrogens is 3. The first-order valence-corrected chi connectivity index (χ1v) is 8.16. The molecule has 0 bridgehead atoms. The summed E-state index contributed by atoms with van der Waals surface area (Å²) >= 11 is 0. The second-order valence-electron chi connectivity index (χ2n) is 6.20. The standard InChI is InChI=1S/C17H21FN6O/c1-22(2)16(25)12-23-7-9-24(10-8-23)17-20-15(11-19-21-17)13-3-5-14(18)6-4-13/h3-6,11H,7-10,12H2,1-2H3. The van der Waals surface area contributed by atoms with E-state index in [0.717, 1.165) is 31.7 Å². The molecule has 25 heavy (non-hydrogen) atoms. The maximum Gasteiger partial charge on any atom is 0.245 e. The second-order valence-corrected chi connectivity index (χ2v) is 6.20. The summed E-state index contributed by atoms with van der Waals surface area (Å²) in [7, 11) is 3.53. The fourth-order valence-electron chi connectivity index (χ4n) is 2.63. The fraction of sp³-hybridized carbons (Fsp3) is 0.412. The van der Waals surface area contributed by atoms with Gasteiger partial charge in [-0.25, -0.2) is 9.37 Å². The van der Waals surface area contributed by atoms with Gasteiger partial charge < -0.3 is 9.80 Å². The van der Waals surface area contributed by atoms with Crippen molar-refractivity contribution in [2.45, 2.75) is 0 Å². The molecule has 0 radical (unpaired) electrons. The van der Waals surface area contributed by atoms with Crippen LogP contribution in [0, 0.1) is 5.82 Å². The summed E-state index contributed by atoms with van der Waals surface area (Å²) in [5.74, 6) is 0.375. The highest BCUT2D eigenvalue weighted by atomic mass is 19.1. The lowest BCUT2D eigenvalue weighted by Crippen LogP contribution is -2.49. The summed E-state index contributed by atoms with van der Waals surface area (Å²) in [5.41, 5.74) is 1.46. The third kappa shape index (κ3) is 4.27. The van der Waals surface area contributed by atoms with Crippen molar-refractivity contribution in [3.63, 3.8) is 0 Å². The highest BCUT2D eigenvalue weighted by Gasteiger charge is 2.21. The lowest BCUT2D eigenvalue weighted by molar-refractivity contribution is -0.129. The van der Waals surface area contributed by atoms with E-state index in [9.17, 15) is 9.18 Å². The van der Waals surface area contributed by atoms with Gasteiger partial charge in [0, 0.05) is 45.8 Å². The van der Waals surface area contributed by atoms with Gasteiger partial charge in [-0.1, -0.05) is 0 Å². The van der Waals surface area contributed by atoms with Crippen molar-refractivity contribution in [1.82, 2.24) is 25.0 Å². The van der Waals surface area contributed by atoms with Crippen LogP contribution in [-0.4, -0.2) is 77.7 Å². The van der Waals surface area contributed by atoms with Crippen LogP contribution in [0.3, 0.4) is 0 Å². The zero-order chi connectivity index (χ0) is 17.8. The van der Waals surface area contributed by atoms with E-state index >= 15 is 0 Å². The monoisotopic (exact) mass is 344 g/mol. The summed E-state index contributed by atoms with van der Waals surface area (Å²) < 4.78 is 13.1. The van der Waals surface area contributed by atoms with Crippen molar-refractivity contribution in [2.75, 3.05) is 51.7 Å². The number of carbonyl (C=O) groups is 1. The maximum absolute atomic E-state index is 13.1. The lowest BCUT2D eigenvalue weighted by Gasteiger charge is -2.34. The first kappa shape index (κ1) is 17.2. The molecular formula is C17H21FN6O. The SMILES string of the molecule is CN(C)C(=O)CN1CCN(c2nncc(-c3ccc(F)cc3)n2)CC1. The maximum atomic E-state index is 13.1. The number of hydrogen-bond donors (Lipinski definition) is 0. The quantitative estimate of drug-likeness (QED) is 0.821. The zero-order valence-corrected chi connectivity index (χ0v) is 14.4. The van der Waals surface area contributed by atoms with Crippen molar-refractivity contribution in [1.29, 1.82) is 0 Å². The number of anilines is 1. The predicted octanol–water partition coefficient (Wildman–Crippen LogP) is 0.888. The summed E-state index contributed by atoms with van der Waals surface area (Å²) in [6.07, 6.45) is 1.57. The van der Waals surface area contributed by atoms with E-state index in [1.54, 1.807) is 37.3 Å². The van der Waals surface area contributed by atoms with Gasteiger partial charge in [-0.2, -0.15) is 5.10 Å². The van der Waals surface area contributed by atoms with Crippen LogP contribution in [0.1, 0.15) is 0 Å². The highest BCUT2D eigenvalue weighted by Crippen LogP contribution is 2.19. The molecule has 1 aromatic heterocycles. The van der Waals surface area contributed by atoms with Gasteiger partial charge in [0.25, 0.3) is 0 Å². The Morgan fingerprint density at radius 1 is 1.16 bits per heavy atom. The molecule has 1 fully saturated rings. The Morgan fingerprint density at radius 2 is 1.84 bits per heavy atom. The highest BCUT2D eigenvalue weighted by molar-refractivity contribution is 5.77. The van der Waals surface area contributed by atoms with Crippen molar-refractivity contribution in [3.8, 4) is 11.3 Å². The minimum Gasteiger partial charge on any atom is -0.348 e. The molecular weight excluding hydrogens is 323 g/mol. The average molecular weight is 344 g/mol. The normalized spacial score (nSPS) is 15.2. The molecule has 0 N–H and O–H groups in total. The number of piperazine rings is 1. The van der Waals surface area contributed by atoms with Gasteiger partial charge >= 0.3 is 0 Å². The zero-order valence-electron chi connectivity index (χ0n) is 14.4. The fourth-order valence-corrected chi connectivity index (χ4v) is 2.63. The minimum absolute atomic E-state index is 0.102. The molecule has 7 nitrogen and oxygen atoms in total. The van der Waals surface area contributed by atoms with Crippen LogP contribution in [0.25, 0.3) is 11.3 Å². The molecule has 0 saturated carbocycles. The summed E-state index contributed by atoms with van der Waals surface area (Å²) in [5, 5.41) is 8.14. The van der Waals surface area contributed by atoms with Crippen LogP contribution in [-0.2, 0) is 4.79 Å².